The summed E-state index contributed by atoms with van der Waals surface area (Å²) >= 11 is 5.91. The van der Waals surface area contributed by atoms with Crippen LogP contribution < -0.4 is 10.2 Å². The van der Waals surface area contributed by atoms with Crippen LogP contribution in [-0.4, -0.2) is 57.6 Å². The molecule has 2 aliphatic rings. The van der Waals surface area contributed by atoms with E-state index in [2.05, 4.69) is 30.1 Å². The number of nitrogens with one attached hydrogen (secondary N) is 1. The lowest BCUT2D eigenvalue weighted by molar-refractivity contribution is 0.249. The molecule has 31 heavy (non-hydrogen) atoms. The number of likely N-dealkylation sites (tertiary alicyclic amines) is 1. The fraction of sp³-hybridized carbons (Fsp3) is 0.455. The normalized spacial score (nSPS) is 18.1. The fourth-order valence-corrected chi connectivity index (χ4v) is 4.63. The highest BCUT2D eigenvalue weighted by molar-refractivity contribution is 6.31. The second-order valence-corrected chi connectivity index (χ2v) is 8.73. The van der Waals surface area contributed by atoms with Gasteiger partial charge in [0.05, 0.1) is 11.2 Å². The molecule has 162 valence electrons. The van der Waals surface area contributed by atoms with Crippen LogP contribution in [-0.2, 0) is 0 Å². The van der Waals surface area contributed by atoms with Crippen molar-refractivity contribution in [3.63, 3.8) is 0 Å². The number of hydrogen-bond acceptors (Lipinski definition) is 7. The van der Waals surface area contributed by atoms with Crippen molar-refractivity contribution in [2.24, 2.45) is 5.92 Å². The first-order valence-electron chi connectivity index (χ1n) is 10.8. The molecule has 1 aromatic carbocycles. The monoisotopic (exact) mass is 441 g/mol. The van der Waals surface area contributed by atoms with Crippen LogP contribution in [0, 0.1) is 11.7 Å². The van der Waals surface area contributed by atoms with E-state index in [1.165, 1.54) is 50.9 Å². The van der Waals surface area contributed by atoms with E-state index < -0.39 is 5.82 Å². The molecule has 1 N–H and O–H groups in total. The van der Waals surface area contributed by atoms with Gasteiger partial charge in [-0.2, -0.15) is 0 Å². The Morgan fingerprint density at radius 3 is 2.65 bits per heavy atom. The third-order valence-corrected chi connectivity index (χ3v) is 6.45. The molecule has 7 nitrogen and oxygen atoms in total. The van der Waals surface area contributed by atoms with Gasteiger partial charge in [-0.05, 0) is 62.9 Å². The van der Waals surface area contributed by atoms with E-state index in [-0.39, 0.29) is 5.02 Å². The average Bonchev–Trinajstić information content (AvgIpc) is 3.30. The lowest BCUT2D eigenvalue weighted by atomic mass is 9.96. The summed E-state index contributed by atoms with van der Waals surface area (Å²) in [5, 5.41) is 3.23. The molecule has 2 saturated heterocycles. The van der Waals surface area contributed by atoms with Gasteiger partial charge in [0.25, 0.3) is 0 Å². The minimum Gasteiger partial charge on any atom is -0.341 e. The molecule has 2 aromatic heterocycles. The lowest BCUT2D eigenvalue weighted by Crippen LogP contribution is -2.38. The van der Waals surface area contributed by atoms with Crippen LogP contribution >= 0.6 is 11.6 Å². The molecule has 2 aliphatic heterocycles. The minimum atomic E-state index is -0.461. The molecule has 0 radical (unpaired) electrons. The van der Waals surface area contributed by atoms with Gasteiger partial charge in [-0.3, -0.25) is 0 Å². The first-order chi connectivity index (χ1) is 15.2. The molecule has 3 aromatic rings. The second kappa shape index (κ2) is 8.88. The van der Waals surface area contributed by atoms with Crippen molar-refractivity contribution in [1.82, 2.24) is 24.8 Å². The topological polar surface area (TPSA) is 70.1 Å². The standard InChI is InChI=1S/C22H25ClFN7/c23-17-11-16(3-4-18(17)24)28-21-20-19(26-14-27-21)12-25-22(29-20)31-9-5-15(6-10-31)13-30-7-1-2-8-30/h3-4,11-12,14-15H,1-2,5-10,13H2,(H,26,27,28). The Balaban J connectivity index is 1.32. The summed E-state index contributed by atoms with van der Waals surface area (Å²) in [5.41, 5.74) is 1.92. The van der Waals surface area contributed by atoms with Crippen molar-refractivity contribution in [2.45, 2.75) is 25.7 Å². The predicted octanol–water partition coefficient (Wildman–Crippen LogP) is 4.27. The van der Waals surface area contributed by atoms with Gasteiger partial charge < -0.3 is 15.1 Å². The van der Waals surface area contributed by atoms with Crippen molar-refractivity contribution in [2.75, 3.05) is 42.9 Å². The molecule has 0 atom stereocenters. The van der Waals surface area contributed by atoms with Crippen LogP contribution in [0.2, 0.25) is 5.02 Å². The maximum atomic E-state index is 13.5. The quantitative estimate of drug-likeness (QED) is 0.634. The second-order valence-electron chi connectivity index (χ2n) is 8.32. The van der Waals surface area contributed by atoms with Crippen molar-refractivity contribution in [3.05, 3.63) is 41.6 Å². The van der Waals surface area contributed by atoms with E-state index in [9.17, 15) is 4.39 Å². The molecular formula is C22H25ClFN7. The summed E-state index contributed by atoms with van der Waals surface area (Å²) in [6.07, 6.45) is 8.19. The molecule has 5 rings (SSSR count). The van der Waals surface area contributed by atoms with Gasteiger partial charge in [-0.1, -0.05) is 11.6 Å². The van der Waals surface area contributed by atoms with E-state index >= 15 is 0 Å². The maximum absolute atomic E-state index is 13.5. The molecule has 4 heterocycles. The Bertz CT molecular complexity index is 1060. The molecule has 0 amide bonds. The first kappa shape index (κ1) is 20.3. The largest absolute Gasteiger partial charge is 0.341 e. The van der Waals surface area contributed by atoms with Crippen LogP contribution in [0.3, 0.4) is 0 Å². The highest BCUT2D eigenvalue weighted by Gasteiger charge is 2.24. The predicted molar refractivity (Wildman–Crippen MR) is 120 cm³/mol. The first-order valence-corrected chi connectivity index (χ1v) is 11.2. The summed E-state index contributed by atoms with van der Waals surface area (Å²) < 4.78 is 13.5. The molecule has 9 heteroatoms. The molecule has 0 unspecified atom stereocenters. The van der Waals surface area contributed by atoms with Gasteiger partial charge in [0.2, 0.25) is 5.95 Å². The van der Waals surface area contributed by atoms with E-state index in [1.54, 1.807) is 12.3 Å². The number of hydrogen-bond donors (Lipinski definition) is 1. The van der Waals surface area contributed by atoms with Crippen LogP contribution in [0.15, 0.2) is 30.7 Å². The van der Waals surface area contributed by atoms with Crippen LogP contribution in [0.1, 0.15) is 25.7 Å². The number of aromatic nitrogens is 4. The Kier molecular flexibility index (Phi) is 5.82. The number of nitrogens with zero attached hydrogens (tertiary/aromatic N) is 6. The lowest BCUT2D eigenvalue weighted by Gasteiger charge is -2.33. The van der Waals surface area contributed by atoms with Gasteiger partial charge in [0.15, 0.2) is 5.82 Å². The van der Waals surface area contributed by atoms with Crippen LogP contribution in [0.4, 0.5) is 21.8 Å². The summed E-state index contributed by atoms with van der Waals surface area (Å²) in [6.45, 7) is 5.63. The summed E-state index contributed by atoms with van der Waals surface area (Å²) in [6, 6.07) is 4.46. The van der Waals surface area contributed by atoms with Crippen molar-refractivity contribution in [3.8, 4) is 0 Å². The molecule has 2 fully saturated rings. The zero-order chi connectivity index (χ0) is 21.2. The number of anilines is 3. The van der Waals surface area contributed by atoms with E-state index in [4.69, 9.17) is 16.6 Å². The van der Waals surface area contributed by atoms with Gasteiger partial charge in [-0.15, -0.1) is 0 Å². The average molecular weight is 442 g/mol. The Morgan fingerprint density at radius 1 is 1.06 bits per heavy atom. The third-order valence-electron chi connectivity index (χ3n) is 6.16. The van der Waals surface area contributed by atoms with Gasteiger partial charge in [0, 0.05) is 25.3 Å². The Labute approximate surface area is 185 Å². The minimum absolute atomic E-state index is 0.0514. The number of fused-ring (bicyclic) bond motifs is 1. The molecule has 0 spiro atoms. The molecule has 0 aliphatic carbocycles. The van der Waals surface area contributed by atoms with Crippen molar-refractivity contribution in [1.29, 1.82) is 0 Å². The zero-order valence-electron chi connectivity index (χ0n) is 17.3. The van der Waals surface area contributed by atoms with Gasteiger partial charge in [-0.25, -0.2) is 24.3 Å². The van der Waals surface area contributed by atoms with E-state index in [0.717, 1.165) is 31.8 Å². The molecule has 0 saturated carbocycles. The molecular weight excluding hydrogens is 417 g/mol. The summed E-state index contributed by atoms with van der Waals surface area (Å²) in [4.78, 5) is 22.8. The zero-order valence-corrected chi connectivity index (χ0v) is 18.0. The van der Waals surface area contributed by atoms with E-state index in [1.807, 2.05) is 0 Å². The van der Waals surface area contributed by atoms with E-state index in [0.29, 0.717) is 28.5 Å². The Morgan fingerprint density at radius 2 is 1.87 bits per heavy atom. The van der Waals surface area contributed by atoms with Gasteiger partial charge >= 0.3 is 0 Å². The third kappa shape index (κ3) is 4.55. The van der Waals surface area contributed by atoms with Gasteiger partial charge in [0.1, 0.15) is 23.2 Å². The maximum Gasteiger partial charge on any atom is 0.226 e. The summed E-state index contributed by atoms with van der Waals surface area (Å²) in [7, 11) is 0. The fourth-order valence-electron chi connectivity index (χ4n) is 4.45. The highest BCUT2D eigenvalue weighted by Crippen LogP contribution is 2.27. The molecule has 0 bridgehead atoms. The Hall–Kier alpha value is -2.58. The SMILES string of the molecule is Fc1ccc(Nc2ncnc3cnc(N4CCC(CN5CCCC5)CC4)nc23)cc1Cl. The number of halogens is 2. The smallest absolute Gasteiger partial charge is 0.226 e. The van der Waals surface area contributed by atoms with Crippen molar-refractivity contribution < 1.29 is 4.39 Å². The van der Waals surface area contributed by atoms with Crippen LogP contribution in [0.25, 0.3) is 11.0 Å². The summed E-state index contributed by atoms with van der Waals surface area (Å²) in [5.74, 6) is 1.53. The van der Waals surface area contributed by atoms with Crippen molar-refractivity contribution >= 4 is 40.1 Å². The van der Waals surface area contributed by atoms with Crippen LogP contribution in [0.5, 0.6) is 0 Å². The number of benzene rings is 1. The number of piperidine rings is 1. The highest BCUT2D eigenvalue weighted by atomic mass is 35.5. The number of rotatable bonds is 5.